The van der Waals surface area contributed by atoms with Gasteiger partial charge in [-0.15, -0.1) is 10.2 Å². The minimum Gasteiger partial charge on any atom is -0.352 e. The second-order valence-corrected chi connectivity index (χ2v) is 1.83. The Hall–Kier alpha value is -1.33. The Morgan fingerprint density at radius 2 is 2.10 bits per heavy atom. The Morgan fingerprint density at radius 1 is 1.50 bits per heavy atom. The minimum absolute atomic E-state index is 0.0997. The maximum atomic E-state index is 10.3. The highest BCUT2D eigenvalue weighted by atomic mass is 16.1. The molecule has 10 heavy (non-hydrogen) atoms. The van der Waals surface area contributed by atoms with Crippen LogP contribution in [0, 0.1) is 0 Å². The van der Waals surface area contributed by atoms with E-state index in [2.05, 4.69) is 26.0 Å². The van der Waals surface area contributed by atoms with Crippen LogP contribution in [0.5, 0.6) is 0 Å². The van der Waals surface area contributed by atoms with Crippen LogP contribution in [0.25, 0.3) is 0 Å². The maximum absolute atomic E-state index is 10.3. The van der Waals surface area contributed by atoms with E-state index in [0.717, 1.165) is 0 Å². The fraction of sp³-hybridized carbons (Fsp3) is 0.750. The van der Waals surface area contributed by atoms with Gasteiger partial charge in [0.25, 0.3) is 0 Å². The van der Waals surface area contributed by atoms with E-state index in [1.165, 1.54) is 6.92 Å². The summed E-state index contributed by atoms with van der Waals surface area (Å²) in [6.07, 6.45) is -0.316. The van der Waals surface area contributed by atoms with Crippen molar-refractivity contribution in [2.75, 3.05) is 6.54 Å². The molecule has 0 bridgehead atoms. The number of rotatable bonds is 2. The molecular weight excluding hydrogens is 134 g/mol. The average Bonchev–Trinajstić information content (AvgIpc) is 2.34. The molecule has 0 unspecified atom stereocenters. The third-order valence-corrected chi connectivity index (χ3v) is 0.943. The highest BCUT2D eigenvalue weighted by Crippen LogP contribution is 2.01. The minimum atomic E-state index is -0.316. The first-order valence-electron chi connectivity index (χ1n) is 2.83. The van der Waals surface area contributed by atoms with E-state index in [1.807, 2.05) is 0 Å². The van der Waals surface area contributed by atoms with Crippen LogP contribution in [-0.4, -0.2) is 18.6 Å². The molecule has 0 spiro atoms. The van der Waals surface area contributed by atoms with Crippen molar-refractivity contribution in [1.82, 2.24) is 5.32 Å². The van der Waals surface area contributed by atoms with E-state index in [0.29, 0.717) is 6.54 Å². The van der Waals surface area contributed by atoms with Crippen LogP contribution in [0.1, 0.15) is 6.92 Å². The zero-order valence-electron chi connectivity index (χ0n) is 5.48. The lowest BCUT2D eigenvalue weighted by Gasteiger charge is -1.99. The molecule has 0 fully saturated rings. The van der Waals surface area contributed by atoms with Gasteiger partial charge in [0.2, 0.25) is 12.1 Å². The Kier molecular flexibility index (Phi) is 2.03. The van der Waals surface area contributed by atoms with Crippen molar-refractivity contribution in [1.29, 1.82) is 0 Å². The summed E-state index contributed by atoms with van der Waals surface area (Å²) >= 11 is 0. The van der Waals surface area contributed by atoms with Crippen LogP contribution in [0.3, 0.4) is 0 Å². The van der Waals surface area contributed by atoms with Gasteiger partial charge >= 0.3 is 0 Å². The molecule has 0 saturated heterocycles. The first kappa shape index (κ1) is 6.79. The Bertz CT molecular complexity index is 174. The fourth-order valence-electron chi connectivity index (χ4n) is 0.505. The smallest absolute Gasteiger partial charge is 0.217 e. The number of carbonyl (C=O) groups excluding carboxylic acids is 1. The lowest BCUT2D eigenvalue weighted by atomic mass is 10.5. The standard InChI is InChI=1S/C4H7N5O/c1-3(10)5-2-4-6-8-9-7-4/h4H,2H2,1H3,(H,5,10). The van der Waals surface area contributed by atoms with Crippen molar-refractivity contribution in [3.05, 3.63) is 0 Å². The van der Waals surface area contributed by atoms with Gasteiger partial charge in [0.05, 0.1) is 6.54 Å². The number of hydrogen-bond donors (Lipinski definition) is 1. The van der Waals surface area contributed by atoms with Gasteiger partial charge in [-0.05, 0) is 10.4 Å². The molecule has 6 heteroatoms. The van der Waals surface area contributed by atoms with Crippen molar-refractivity contribution in [3.63, 3.8) is 0 Å². The third kappa shape index (κ3) is 1.88. The lowest BCUT2D eigenvalue weighted by Crippen LogP contribution is -2.27. The summed E-state index contributed by atoms with van der Waals surface area (Å²) in [7, 11) is 0. The molecule has 0 aliphatic carbocycles. The molecule has 0 radical (unpaired) electrons. The normalized spacial score (nSPS) is 16.1. The van der Waals surface area contributed by atoms with Gasteiger partial charge in [0.15, 0.2) is 0 Å². The molecule has 1 aliphatic rings. The topological polar surface area (TPSA) is 78.5 Å². The van der Waals surface area contributed by atoms with Crippen LogP contribution >= 0.6 is 0 Å². The molecule has 6 nitrogen and oxygen atoms in total. The summed E-state index contributed by atoms with van der Waals surface area (Å²) in [5.74, 6) is -0.0997. The summed E-state index contributed by atoms with van der Waals surface area (Å²) in [6.45, 7) is 1.81. The largest absolute Gasteiger partial charge is 0.352 e. The van der Waals surface area contributed by atoms with Crippen LogP contribution in [0.4, 0.5) is 0 Å². The molecule has 0 atom stereocenters. The van der Waals surface area contributed by atoms with Gasteiger partial charge < -0.3 is 5.32 Å². The molecule has 0 saturated carbocycles. The number of nitrogens with one attached hydrogen (secondary N) is 1. The molecular formula is C4H7N5O. The van der Waals surface area contributed by atoms with Gasteiger partial charge in [-0.25, -0.2) is 0 Å². The number of carbonyl (C=O) groups is 1. The van der Waals surface area contributed by atoms with Gasteiger partial charge in [0, 0.05) is 6.92 Å². The van der Waals surface area contributed by atoms with E-state index in [4.69, 9.17) is 0 Å². The van der Waals surface area contributed by atoms with Crippen molar-refractivity contribution >= 4 is 5.91 Å². The zero-order valence-corrected chi connectivity index (χ0v) is 5.48. The van der Waals surface area contributed by atoms with E-state index in [1.54, 1.807) is 0 Å². The first-order chi connectivity index (χ1) is 4.79. The molecule has 1 rings (SSSR count). The summed E-state index contributed by atoms with van der Waals surface area (Å²) in [4.78, 5) is 10.3. The van der Waals surface area contributed by atoms with Crippen molar-refractivity contribution < 1.29 is 4.79 Å². The second kappa shape index (κ2) is 3.00. The predicted octanol–water partition coefficient (Wildman–Crippen LogP) is 0.282. The highest BCUT2D eigenvalue weighted by molar-refractivity contribution is 5.72. The first-order valence-corrected chi connectivity index (χ1v) is 2.83. The average molecular weight is 141 g/mol. The summed E-state index contributed by atoms with van der Waals surface area (Å²) < 4.78 is 0. The van der Waals surface area contributed by atoms with E-state index >= 15 is 0 Å². The SMILES string of the molecule is CC(=O)NCC1N=NN=N1. The van der Waals surface area contributed by atoms with Crippen LogP contribution in [0.2, 0.25) is 0 Å². The lowest BCUT2D eigenvalue weighted by molar-refractivity contribution is -0.119. The number of amides is 1. The Balaban J connectivity index is 2.20. The van der Waals surface area contributed by atoms with E-state index < -0.39 is 0 Å². The number of nitrogens with zero attached hydrogens (tertiary/aromatic N) is 4. The summed E-state index contributed by atoms with van der Waals surface area (Å²) in [5, 5.41) is 16.3. The fourth-order valence-corrected chi connectivity index (χ4v) is 0.505. The van der Waals surface area contributed by atoms with Gasteiger partial charge in [-0.3, -0.25) is 4.79 Å². The second-order valence-electron chi connectivity index (χ2n) is 1.83. The van der Waals surface area contributed by atoms with Crippen molar-refractivity contribution in [2.24, 2.45) is 20.7 Å². The van der Waals surface area contributed by atoms with Gasteiger partial charge in [0.1, 0.15) is 0 Å². The third-order valence-electron chi connectivity index (χ3n) is 0.943. The molecule has 54 valence electrons. The molecule has 0 aromatic heterocycles. The van der Waals surface area contributed by atoms with Crippen LogP contribution in [0.15, 0.2) is 20.7 Å². The van der Waals surface area contributed by atoms with Crippen LogP contribution < -0.4 is 5.32 Å². The highest BCUT2D eigenvalue weighted by Gasteiger charge is 2.08. The predicted molar refractivity (Wildman–Crippen MR) is 32.2 cm³/mol. The quantitative estimate of drug-likeness (QED) is 0.589. The molecule has 1 aliphatic heterocycles. The molecule has 1 N–H and O–H groups in total. The number of hydrogen-bond acceptors (Lipinski definition) is 5. The van der Waals surface area contributed by atoms with Crippen molar-refractivity contribution in [3.8, 4) is 0 Å². The van der Waals surface area contributed by atoms with Crippen molar-refractivity contribution in [2.45, 2.75) is 13.1 Å². The zero-order chi connectivity index (χ0) is 7.40. The maximum Gasteiger partial charge on any atom is 0.217 e. The summed E-state index contributed by atoms with van der Waals surface area (Å²) in [6, 6.07) is 0. The molecule has 1 heterocycles. The monoisotopic (exact) mass is 141 g/mol. The molecule has 1 amide bonds. The van der Waals surface area contributed by atoms with Gasteiger partial charge in [-0.1, -0.05) is 0 Å². The van der Waals surface area contributed by atoms with Crippen LogP contribution in [-0.2, 0) is 4.79 Å². The molecule has 0 aromatic rings. The van der Waals surface area contributed by atoms with Gasteiger partial charge in [-0.2, -0.15) is 0 Å². The van der Waals surface area contributed by atoms with E-state index in [-0.39, 0.29) is 12.1 Å². The summed E-state index contributed by atoms with van der Waals surface area (Å²) in [5.41, 5.74) is 0. The molecule has 0 aromatic carbocycles. The Morgan fingerprint density at radius 3 is 2.60 bits per heavy atom. The van der Waals surface area contributed by atoms with E-state index in [9.17, 15) is 4.79 Å². The Labute approximate surface area is 57.4 Å².